The topological polar surface area (TPSA) is 63.3 Å². The van der Waals surface area contributed by atoms with Gasteiger partial charge in [0.25, 0.3) is 0 Å². The standard InChI is InChI=1S/C12H22N4S/c1-4-9(2)16-12(13)14-7-5-6-11-15-10(3)8-17-11/h8-9H,4-7H2,1-3H3,(H3,13,14,16). The van der Waals surface area contributed by atoms with Crippen LogP contribution in [-0.2, 0) is 6.42 Å². The zero-order valence-corrected chi connectivity index (χ0v) is 11.7. The van der Waals surface area contributed by atoms with Crippen LogP contribution in [0.15, 0.2) is 10.4 Å². The second kappa shape index (κ2) is 7.27. The molecule has 5 heteroatoms. The number of aromatic nitrogens is 1. The first-order valence-corrected chi connectivity index (χ1v) is 6.97. The zero-order valence-electron chi connectivity index (χ0n) is 10.9. The van der Waals surface area contributed by atoms with Crippen molar-refractivity contribution in [2.24, 2.45) is 10.7 Å². The maximum Gasteiger partial charge on any atom is 0.188 e. The molecule has 0 saturated carbocycles. The summed E-state index contributed by atoms with van der Waals surface area (Å²) in [5, 5.41) is 6.41. The van der Waals surface area contributed by atoms with Crippen LogP contribution in [0.25, 0.3) is 0 Å². The van der Waals surface area contributed by atoms with Gasteiger partial charge in [-0.15, -0.1) is 11.3 Å². The second-order valence-electron chi connectivity index (χ2n) is 4.21. The Morgan fingerprint density at radius 3 is 3.00 bits per heavy atom. The van der Waals surface area contributed by atoms with Crippen molar-refractivity contribution in [3.05, 3.63) is 16.1 Å². The van der Waals surface area contributed by atoms with E-state index in [4.69, 9.17) is 5.73 Å². The molecular formula is C12H22N4S. The molecule has 0 saturated heterocycles. The lowest BCUT2D eigenvalue weighted by atomic mass is 10.3. The molecule has 1 unspecified atom stereocenters. The van der Waals surface area contributed by atoms with E-state index in [0.717, 1.165) is 31.5 Å². The molecule has 0 aliphatic heterocycles. The predicted octanol–water partition coefficient (Wildman–Crippen LogP) is 2.09. The Balaban J connectivity index is 2.20. The second-order valence-corrected chi connectivity index (χ2v) is 5.15. The van der Waals surface area contributed by atoms with E-state index in [1.807, 2.05) is 6.92 Å². The Morgan fingerprint density at radius 1 is 1.65 bits per heavy atom. The summed E-state index contributed by atoms with van der Waals surface area (Å²) in [4.78, 5) is 8.71. The van der Waals surface area contributed by atoms with Gasteiger partial charge in [-0.3, -0.25) is 4.99 Å². The number of hydrogen-bond donors (Lipinski definition) is 2. The van der Waals surface area contributed by atoms with E-state index < -0.39 is 0 Å². The number of nitrogens with one attached hydrogen (secondary N) is 1. The van der Waals surface area contributed by atoms with Crippen molar-refractivity contribution < 1.29 is 0 Å². The summed E-state index contributed by atoms with van der Waals surface area (Å²) < 4.78 is 0. The molecule has 0 aromatic carbocycles. The number of nitrogens with zero attached hydrogens (tertiary/aromatic N) is 2. The first-order chi connectivity index (χ1) is 8.11. The third kappa shape index (κ3) is 5.68. The molecule has 1 aromatic heterocycles. The van der Waals surface area contributed by atoms with Gasteiger partial charge in [-0.1, -0.05) is 6.92 Å². The first kappa shape index (κ1) is 14.0. The van der Waals surface area contributed by atoms with Gasteiger partial charge >= 0.3 is 0 Å². The van der Waals surface area contributed by atoms with E-state index in [2.05, 4.69) is 34.5 Å². The van der Waals surface area contributed by atoms with Crippen LogP contribution in [-0.4, -0.2) is 23.5 Å². The fraction of sp³-hybridized carbons (Fsp3) is 0.667. The normalized spacial score (nSPS) is 13.7. The van der Waals surface area contributed by atoms with Crippen molar-refractivity contribution >= 4 is 17.3 Å². The zero-order chi connectivity index (χ0) is 12.7. The number of aryl methyl sites for hydroxylation is 2. The largest absolute Gasteiger partial charge is 0.370 e. The minimum atomic E-state index is 0.389. The summed E-state index contributed by atoms with van der Waals surface area (Å²) in [6.45, 7) is 7.00. The minimum absolute atomic E-state index is 0.389. The molecular weight excluding hydrogens is 232 g/mol. The number of thiazole rings is 1. The highest BCUT2D eigenvalue weighted by Crippen LogP contribution is 2.10. The van der Waals surface area contributed by atoms with E-state index in [1.165, 1.54) is 5.01 Å². The first-order valence-electron chi connectivity index (χ1n) is 6.09. The van der Waals surface area contributed by atoms with Crippen molar-refractivity contribution in [2.45, 2.75) is 46.1 Å². The Bertz CT molecular complexity index is 359. The van der Waals surface area contributed by atoms with Crippen LogP contribution >= 0.6 is 11.3 Å². The molecule has 0 radical (unpaired) electrons. The van der Waals surface area contributed by atoms with Gasteiger partial charge in [-0.2, -0.15) is 0 Å². The molecule has 0 fully saturated rings. The van der Waals surface area contributed by atoms with Crippen LogP contribution < -0.4 is 11.1 Å². The molecule has 4 nitrogen and oxygen atoms in total. The number of guanidine groups is 1. The van der Waals surface area contributed by atoms with Gasteiger partial charge < -0.3 is 11.1 Å². The van der Waals surface area contributed by atoms with Crippen LogP contribution in [0.5, 0.6) is 0 Å². The Kier molecular flexibility index (Phi) is 5.97. The average Bonchev–Trinajstić information content (AvgIpc) is 2.70. The molecule has 1 atom stereocenters. The van der Waals surface area contributed by atoms with Crippen molar-refractivity contribution in [3.63, 3.8) is 0 Å². The van der Waals surface area contributed by atoms with E-state index in [-0.39, 0.29) is 0 Å². The van der Waals surface area contributed by atoms with Crippen LogP contribution in [0.4, 0.5) is 0 Å². The summed E-state index contributed by atoms with van der Waals surface area (Å²) in [7, 11) is 0. The van der Waals surface area contributed by atoms with Gasteiger partial charge in [0.05, 0.1) is 5.01 Å². The highest BCUT2D eigenvalue weighted by molar-refractivity contribution is 7.09. The summed E-state index contributed by atoms with van der Waals surface area (Å²) in [6.07, 6.45) is 3.03. The minimum Gasteiger partial charge on any atom is -0.370 e. The summed E-state index contributed by atoms with van der Waals surface area (Å²) in [5.41, 5.74) is 6.86. The van der Waals surface area contributed by atoms with Crippen molar-refractivity contribution in [1.29, 1.82) is 0 Å². The van der Waals surface area contributed by atoms with Crippen molar-refractivity contribution in [3.8, 4) is 0 Å². The third-order valence-electron chi connectivity index (χ3n) is 2.50. The molecule has 0 aliphatic carbocycles. The van der Waals surface area contributed by atoms with Crippen molar-refractivity contribution in [1.82, 2.24) is 10.3 Å². The van der Waals surface area contributed by atoms with Gasteiger partial charge in [0.1, 0.15) is 0 Å². The SMILES string of the molecule is CCC(C)NC(N)=NCCCc1nc(C)cs1. The molecule has 0 bridgehead atoms. The fourth-order valence-electron chi connectivity index (χ4n) is 1.35. The average molecular weight is 254 g/mol. The van der Waals surface area contributed by atoms with Crippen LogP contribution in [0, 0.1) is 6.92 Å². The van der Waals surface area contributed by atoms with E-state index in [1.54, 1.807) is 11.3 Å². The van der Waals surface area contributed by atoms with E-state index in [0.29, 0.717) is 12.0 Å². The molecule has 1 heterocycles. The van der Waals surface area contributed by atoms with Gasteiger partial charge in [0.2, 0.25) is 0 Å². The van der Waals surface area contributed by atoms with Crippen molar-refractivity contribution in [2.75, 3.05) is 6.54 Å². The maximum atomic E-state index is 5.76. The quantitative estimate of drug-likeness (QED) is 0.464. The molecule has 0 spiro atoms. The fourth-order valence-corrected chi connectivity index (χ4v) is 2.17. The molecule has 1 aromatic rings. The van der Waals surface area contributed by atoms with E-state index >= 15 is 0 Å². The molecule has 96 valence electrons. The number of rotatable bonds is 6. The number of hydrogen-bond acceptors (Lipinski definition) is 3. The van der Waals surface area contributed by atoms with Gasteiger partial charge in [0.15, 0.2) is 5.96 Å². The Labute approximate surface area is 107 Å². The monoisotopic (exact) mass is 254 g/mol. The van der Waals surface area contributed by atoms with Crippen LogP contribution in [0.2, 0.25) is 0 Å². The summed E-state index contributed by atoms with van der Waals surface area (Å²) in [5.74, 6) is 0.551. The van der Waals surface area contributed by atoms with E-state index in [9.17, 15) is 0 Å². The maximum absolute atomic E-state index is 5.76. The predicted molar refractivity (Wildman–Crippen MR) is 74.6 cm³/mol. The highest BCUT2D eigenvalue weighted by atomic mass is 32.1. The highest BCUT2D eigenvalue weighted by Gasteiger charge is 2.00. The Morgan fingerprint density at radius 2 is 2.41 bits per heavy atom. The lowest BCUT2D eigenvalue weighted by Crippen LogP contribution is -2.38. The van der Waals surface area contributed by atoms with Crippen LogP contribution in [0.3, 0.4) is 0 Å². The summed E-state index contributed by atoms with van der Waals surface area (Å²) in [6, 6.07) is 0.389. The molecule has 0 amide bonds. The third-order valence-corrected chi connectivity index (χ3v) is 3.53. The number of aliphatic imine (C=N–C) groups is 1. The lowest BCUT2D eigenvalue weighted by Gasteiger charge is -2.11. The molecule has 3 N–H and O–H groups in total. The smallest absolute Gasteiger partial charge is 0.188 e. The molecule has 0 aliphatic rings. The molecule has 17 heavy (non-hydrogen) atoms. The summed E-state index contributed by atoms with van der Waals surface area (Å²) >= 11 is 1.72. The van der Waals surface area contributed by atoms with Gasteiger partial charge in [0, 0.05) is 30.1 Å². The number of nitrogens with two attached hydrogens (primary N) is 1. The Hall–Kier alpha value is -1.10. The van der Waals surface area contributed by atoms with Crippen LogP contribution in [0.1, 0.15) is 37.4 Å². The van der Waals surface area contributed by atoms with Gasteiger partial charge in [-0.05, 0) is 26.7 Å². The molecule has 1 rings (SSSR count). The lowest BCUT2D eigenvalue weighted by molar-refractivity contribution is 0.635. The van der Waals surface area contributed by atoms with Gasteiger partial charge in [-0.25, -0.2) is 4.98 Å².